The summed E-state index contributed by atoms with van der Waals surface area (Å²) in [7, 11) is 0. The molecule has 3 rings (SSSR count). The van der Waals surface area contributed by atoms with Crippen LogP contribution in [-0.4, -0.2) is 21.5 Å². The highest BCUT2D eigenvalue weighted by Crippen LogP contribution is 2.39. The smallest absolute Gasteiger partial charge is 0.324 e. The number of hydrogen-bond donors (Lipinski definition) is 0. The lowest BCUT2D eigenvalue weighted by atomic mass is 10.2. The van der Waals surface area contributed by atoms with E-state index < -0.39 is 18.4 Å². The van der Waals surface area contributed by atoms with Crippen molar-refractivity contribution in [3.63, 3.8) is 0 Å². The van der Waals surface area contributed by atoms with Gasteiger partial charge in [0, 0.05) is 11.1 Å². The van der Waals surface area contributed by atoms with Gasteiger partial charge in [-0.25, -0.2) is 4.98 Å². The van der Waals surface area contributed by atoms with Crippen molar-refractivity contribution in [2.75, 3.05) is 0 Å². The van der Waals surface area contributed by atoms with Crippen molar-refractivity contribution in [3.05, 3.63) is 29.0 Å². The molecule has 106 valence electrons. The number of hydrogen-bond acceptors (Lipinski definition) is 2. The Morgan fingerprint density at radius 1 is 1.40 bits per heavy atom. The van der Waals surface area contributed by atoms with Gasteiger partial charge >= 0.3 is 6.18 Å². The molecule has 1 heterocycles. The van der Waals surface area contributed by atoms with E-state index in [-0.39, 0.29) is 11.9 Å². The molecule has 0 aliphatic heterocycles. The fourth-order valence-corrected chi connectivity index (χ4v) is 2.40. The molecule has 1 fully saturated rings. The fraction of sp³-hybridized carbons (Fsp3) is 0.385. The van der Waals surface area contributed by atoms with Crippen LogP contribution in [0.3, 0.4) is 0 Å². The van der Waals surface area contributed by atoms with Crippen LogP contribution in [0.2, 0.25) is 5.02 Å². The molecule has 1 saturated carbocycles. The average molecular weight is 303 g/mol. The van der Waals surface area contributed by atoms with Crippen LogP contribution in [0.5, 0.6) is 0 Å². The van der Waals surface area contributed by atoms with Crippen LogP contribution < -0.4 is 0 Å². The molecule has 1 aliphatic rings. The molecule has 0 saturated heterocycles. The zero-order valence-electron chi connectivity index (χ0n) is 10.2. The normalized spacial score (nSPS) is 15.8. The second-order valence-electron chi connectivity index (χ2n) is 4.86. The van der Waals surface area contributed by atoms with Gasteiger partial charge in [-0.05, 0) is 31.0 Å². The Kier molecular flexibility index (Phi) is 3.01. The molecule has 1 aromatic carbocycles. The summed E-state index contributed by atoms with van der Waals surface area (Å²) in [5, 5.41) is 0.464. The summed E-state index contributed by atoms with van der Waals surface area (Å²) in [5.41, 5.74) is 1.25. The third-order valence-corrected chi connectivity index (χ3v) is 3.51. The van der Waals surface area contributed by atoms with Crippen molar-refractivity contribution in [1.82, 2.24) is 9.55 Å². The molecule has 0 amide bonds. The molecule has 0 spiro atoms. The first-order valence-corrected chi connectivity index (χ1v) is 6.50. The average Bonchev–Trinajstić information content (AvgIpc) is 3.10. The minimum absolute atomic E-state index is 0.136. The van der Waals surface area contributed by atoms with Crippen molar-refractivity contribution in [3.8, 4) is 0 Å². The summed E-state index contributed by atoms with van der Waals surface area (Å²) in [6.07, 6.45) is -3.78. The number of alkyl halides is 3. The molecule has 3 nitrogen and oxygen atoms in total. The van der Waals surface area contributed by atoms with E-state index in [1.165, 1.54) is 0 Å². The van der Waals surface area contributed by atoms with E-state index in [1.807, 2.05) is 0 Å². The number of nitrogens with zero attached hydrogens (tertiary/aromatic N) is 2. The number of ketones is 1. The molecule has 1 aromatic heterocycles. The van der Waals surface area contributed by atoms with Gasteiger partial charge in [0.25, 0.3) is 0 Å². The number of aromatic nitrogens is 2. The minimum Gasteiger partial charge on any atom is -0.324 e. The largest absolute Gasteiger partial charge is 0.450 e. The first-order valence-electron chi connectivity index (χ1n) is 6.12. The van der Waals surface area contributed by atoms with Crippen molar-refractivity contribution in [2.24, 2.45) is 0 Å². The first-order chi connectivity index (χ1) is 9.36. The van der Waals surface area contributed by atoms with Gasteiger partial charge < -0.3 is 4.57 Å². The highest BCUT2D eigenvalue weighted by molar-refractivity contribution is 6.31. The fourth-order valence-electron chi connectivity index (χ4n) is 2.23. The number of fused-ring (bicyclic) bond motifs is 1. The monoisotopic (exact) mass is 302 g/mol. The molecule has 2 aromatic rings. The van der Waals surface area contributed by atoms with Crippen molar-refractivity contribution in [1.29, 1.82) is 0 Å². The van der Waals surface area contributed by atoms with Crippen LogP contribution >= 0.6 is 11.6 Å². The molecule has 0 atom stereocenters. The van der Waals surface area contributed by atoms with Crippen molar-refractivity contribution >= 4 is 28.4 Å². The molecule has 20 heavy (non-hydrogen) atoms. The lowest BCUT2D eigenvalue weighted by molar-refractivity contribution is -0.170. The van der Waals surface area contributed by atoms with E-state index in [0.29, 0.717) is 10.5 Å². The van der Waals surface area contributed by atoms with E-state index in [4.69, 9.17) is 11.6 Å². The van der Waals surface area contributed by atoms with Gasteiger partial charge in [0.1, 0.15) is 5.82 Å². The molecular weight excluding hydrogens is 293 g/mol. The molecule has 0 radical (unpaired) electrons. The van der Waals surface area contributed by atoms with Gasteiger partial charge in [-0.15, -0.1) is 0 Å². The SMILES string of the molecule is O=C(Cc1nc2cc(Cl)ccc2n1C1CC1)C(F)(F)F. The van der Waals surface area contributed by atoms with Gasteiger partial charge in [-0.2, -0.15) is 13.2 Å². The Morgan fingerprint density at radius 2 is 2.10 bits per heavy atom. The molecule has 0 unspecified atom stereocenters. The Morgan fingerprint density at radius 3 is 2.70 bits per heavy atom. The minimum atomic E-state index is -4.83. The lowest BCUT2D eigenvalue weighted by Crippen LogP contribution is -2.26. The molecule has 7 heteroatoms. The van der Waals surface area contributed by atoms with Crippen molar-refractivity contribution in [2.45, 2.75) is 31.5 Å². The lowest BCUT2D eigenvalue weighted by Gasteiger charge is -2.08. The Labute approximate surface area is 117 Å². The standard InChI is InChI=1S/C13H10ClF3N2O/c14-7-1-4-10-9(5-7)18-12(19(10)8-2-3-8)6-11(20)13(15,16)17/h1,4-5,8H,2-3,6H2. The number of halogens is 4. The van der Waals surface area contributed by atoms with Crippen LogP contribution in [-0.2, 0) is 11.2 Å². The second kappa shape index (κ2) is 4.48. The summed E-state index contributed by atoms with van der Waals surface area (Å²) in [6, 6.07) is 5.12. The third-order valence-electron chi connectivity index (χ3n) is 3.27. The zero-order chi connectivity index (χ0) is 14.5. The topological polar surface area (TPSA) is 34.9 Å². The number of rotatable bonds is 3. The van der Waals surface area contributed by atoms with E-state index in [1.54, 1.807) is 22.8 Å². The Balaban J connectivity index is 2.05. The number of imidazole rings is 1. The van der Waals surface area contributed by atoms with Gasteiger partial charge in [0.15, 0.2) is 0 Å². The summed E-state index contributed by atoms with van der Waals surface area (Å²) in [5.74, 6) is -1.62. The Hall–Kier alpha value is -1.56. The van der Waals surface area contributed by atoms with E-state index in [9.17, 15) is 18.0 Å². The van der Waals surface area contributed by atoms with Crippen LogP contribution in [0.4, 0.5) is 13.2 Å². The molecular formula is C13H10ClF3N2O. The zero-order valence-corrected chi connectivity index (χ0v) is 11.0. The van der Waals surface area contributed by atoms with Crippen molar-refractivity contribution < 1.29 is 18.0 Å². The summed E-state index contributed by atoms with van der Waals surface area (Å²) >= 11 is 5.86. The second-order valence-corrected chi connectivity index (χ2v) is 5.30. The predicted molar refractivity (Wildman–Crippen MR) is 67.8 cm³/mol. The predicted octanol–water partition coefficient (Wildman–Crippen LogP) is 3.70. The molecule has 0 bridgehead atoms. The van der Waals surface area contributed by atoms with E-state index >= 15 is 0 Å². The number of benzene rings is 1. The van der Waals surface area contributed by atoms with Crippen LogP contribution in [0, 0.1) is 0 Å². The quantitative estimate of drug-likeness (QED) is 0.866. The first kappa shape index (κ1) is 13.4. The number of Topliss-reactive ketones (excluding diaryl/α,β-unsaturated/α-hetero) is 1. The van der Waals surface area contributed by atoms with Crippen LogP contribution in [0.25, 0.3) is 11.0 Å². The highest BCUT2D eigenvalue weighted by Gasteiger charge is 2.39. The third kappa shape index (κ3) is 2.40. The summed E-state index contributed by atoms with van der Waals surface area (Å²) < 4.78 is 38.9. The maximum Gasteiger partial charge on any atom is 0.450 e. The summed E-state index contributed by atoms with van der Waals surface area (Å²) in [4.78, 5) is 15.3. The van der Waals surface area contributed by atoms with Crippen LogP contribution in [0.1, 0.15) is 24.7 Å². The van der Waals surface area contributed by atoms with Crippen LogP contribution in [0.15, 0.2) is 18.2 Å². The number of carbonyl (C=O) groups excluding carboxylic acids is 1. The number of carbonyl (C=O) groups is 1. The summed E-state index contributed by atoms with van der Waals surface area (Å²) in [6.45, 7) is 0. The highest BCUT2D eigenvalue weighted by atomic mass is 35.5. The van der Waals surface area contributed by atoms with Gasteiger partial charge in [-0.3, -0.25) is 4.79 Å². The van der Waals surface area contributed by atoms with E-state index in [0.717, 1.165) is 18.4 Å². The maximum atomic E-state index is 12.4. The molecule has 1 aliphatic carbocycles. The van der Waals surface area contributed by atoms with Gasteiger partial charge in [0.2, 0.25) is 5.78 Å². The van der Waals surface area contributed by atoms with E-state index in [2.05, 4.69) is 4.98 Å². The molecule has 0 N–H and O–H groups in total. The van der Waals surface area contributed by atoms with Gasteiger partial charge in [0.05, 0.1) is 17.5 Å². The maximum absolute atomic E-state index is 12.4. The van der Waals surface area contributed by atoms with Gasteiger partial charge in [-0.1, -0.05) is 11.6 Å². The Bertz CT molecular complexity index is 689.